The number of carbonyl (C=O) groups is 2. The highest BCUT2D eigenvalue weighted by Gasteiger charge is 2.38. The number of carboxylic acids is 1. The van der Waals surface area contributed by atoms with E-state index in [1.54, 1.807) is 4.90 Å². The molecular weight excluding hydrogens is 486 g/mol. The maximum atomic E-state index is 13.2. The molecular formula is C21H22ClF4N3O5. The predicted octanol–water partition coefficient (Wildman–Crippen LogP) is 4.44. The number of aryl methyl sites for hydroxylation is 2. The molecule has 0 aliphatic carbocycles. The van der Waals surface area contributed by atoms with Crippen molar-refractivity contribution in [2.45, 2.75) is 26.1 Å². The highest BCUT2D eigenvalue weighted by atomic mass is 35.5. The number of halogens is 5. The van der Waals surface area contributed by atoms with Gasteiger partial charge in [0, 0.05) is 18.3 Å². The van der Waals surface area contributed by atoms with Gasteiger partial charge in [0.2, 0.25) is 0 Å². The van der Waals surface area contributed by atoms with Gasteiger partial charge in [0.1, 0.15) is 30.1 Å². The van der Waals surface area contributed by atoms with Crippen molar-refractivity contribution in [2.24, 2.45) is 0 Å². The molecule has 3 rings (SSSR count). The molecule has 1 fully saturated rings. The molecule has 0 bridgehead atoms. The summed E-state index contributed by atoms with van der Waals surface area (Å²) < 4.78 is 56.2. The number of hydrogen-bond acceptors (Lipinski definition) is 5. The van der Waals surface area contributed by atoms with E-state index in [2.05, 4.69) is 10.3 Å². The first-order valence-electron chi connectivity index (χ1n) is 9.86. The van der Waals surface area contributed by atoms with Crippen LogP contribution in [0.25, 0.3) is 0 Å². The number of nitrogens with zero attached hydrogens (tertiary/aromatic N) is 2. The Balaban J connectivity index is 0.000000509. The molecule has 1 atom stereocenters. The Morgan fingerprint density at radius 2 is 1.97 bits per heavy atom. The molecule has 2 N–H and O–H groups in total. The van der Waals surface area contributed by atoms with Crippen LogP contribution in [-0.4, -0.2) is 65.6 Å². The van der Waals surface area contributed by atoms with Gasteiger partial charge in [-0.25, -0.2) is 19.0 Å². The molecule has 34 heavy (non-hydrogen) atoms. The zero-order valence-electron chi connectivity index (χ0n) is 18.2. The molecule has 2 aromatic rings. The lowest BCUT2D eigenvalue weighted by Crippen LogP contribution is -2.49. The van der Waals surface area contributed by atoms with Crippen molar-refractivity contribution in [2.75, 3.05) is 31.6 Å². The number of ether oxygens (including phenoxy) is 2. The van der Waals surface area contributed by atoms with E-state index in [9.17, 15) is 22.4 Å². The van der Waals surface area contributed by atoms with E-state index in [1.165, 1.54) is 18.2 Å². The highest BCUT2D eigenvalue weighted by molar-refractivity contribution is 6.30. The second-order valence-electron chi connectivity index (χ2n) is 7.23. The van der Waals surface area contributed by atoms with Crippen LogP contribution in [0.3, 0.4) is 0 Å². The number of pyridine rings is 1. The molecule has 2 heterocycles. The monoisotopic (exact) mass is 507 g/mol. The molecule has 1 aliphatic rings. The van der Waals surface area contributed by atoms with Gasteiger partial charge in [0.15, 0.2) is 0 Å². The van der Waals surface area contributed by atoms with Crippen LogP contribution in [-0.2, 0) is 9.53 Å². The molecule has 0 radical (unpaired) electrons. The van der Waals surface area contributed by atoms with E-state index in [1.807, 2.05) is 26.0 Å². The summed E-state index contributed by atoms with van der Waals surface area (Å²) >= 11 is 5.75. The van der Waals surface area contributed by atoms with Crippen molar-refractivity contribution in [1.29, 1.82) is 0 Å². The molecule has 13 heteroatoms. The SMILES string of the molecule is Cc1cc(C)nc(NC(=O)N2CCOC(COc3ccc(F)c(Cl)c3)C2)c1.O=C(O)C(F)(F)F. The van der Waals surface area contributed by atoms with Crippen molar-refractivity contribution >= 4 is 29.4 Å². The first-order valence-corrected chi connectivity index (χ1v) is 10.2. The Kier molecular flexibility index (Phi) is 9.45. The van der Waals surface area contributed by atoms with E-state index in [0.29, 0.717) is 31.3 Å². The summed E-state index contributed by atoms with van der Waals surface area (Å²) in [5.74, 6) is -2.28. The number of aliphatic carboxylic acids is 1. The molecule has 0 spiro atoms. The molecule has 0 saturated carbocycles. The molecule has 1 aromatic heterocycles. The fourth-order valence-corrected chi connectivity index (χ4v) is 3.02. The Hall–Kier alpha value is -3.12. The molecule has 8 nitrogen and oxygen atoms in total. The summed E-state index contributed by atoms with van der Waals surface area (Å²) in [5.41, 5.74) is 1.88. The summed E-state index contributed by atoms with van der Waals surface area (Å²) in [7, 11) is 0. The number of aromatic nitrogens is 1. The lowest BCUT2D eigenvalue weighted by Gasteiger charge is -2.32. The topological polar surface area (TPSA) is 101 Å². The molecule has 1 saturated heterocycles. The quantitative estimate of drug-likeness (QED) is 0.594. The van der Waals surface area contributed by atoms with Gasteiger partial charge in [0.25, 0.3) is 0 Å². The van der Waals surface area contributed by atoms with Gasteiger partial charge in [0.05, 0.1) is 18.2 Å². The number of anilines is 1. The second kappa shape index (κ2) is 11.8. The predicted molar refractivity (Wildman–Crippen MR) is 115 cm³/mol. The van der Waals surface area contributed by atoms with E-state index >= 15 is 0 Å². The van der Waals surface area contributed by atoms with Crippen molar-refractivity contribution in [3.63, 3.8) is 0 Å². The second-order valence-corrected chi connectivity index (χ2v) is 7.64. The van der Waals surface area contributed by atoms with E-state index in [4.69, 9.17) is 31.0 Å². The summed E-state index contributed by atoms with van der Waals surface area (Å²) in [6, 6.07) is 7.70. The van der Waals surface area contributed by atoms with E-state index < -0.39 is 18.0 Å². The number of carbonyl (C=O) groups excluding carboxylic acids is 1. The van der Waals surface area contributed by atoms with Crippen LogP contribution < -0.4 is 10.1 Å². The first-order chi connectivity index (χ1) is 15.8. The van der Waals surface area contributed by atoms with Crippen molar-refractivity contribution in [3.05, 3.63) is 52.4 Å². The zero-order valence-corrected chi connectivity index (χ0v) is 18.9. The van der Waals surface area contributed by atoms with Crippen LogP contribution in [0.1, 0.15) is 11.3 Å². The average molecular weight is 508 g/mol. The fourth-order valence-electron chi connectivity index (χ4n) is 2.85. The molecule has 1 aromatic carbocycles. The van der Waals surface area contributed by atoms with Crippen LogP contribution in [0.4, 0.5) is 28.2 Å². The number of alkyl halides is 3. The fraction of sp³-hybridized carbons (Fsp3) is 0.381. The molecule has 1 unspecified atom stereocenters. The highest BCUT2D eigenvalue weighted by Crippen LogP contribution is 2.22. The first kappa shape index (κ1) is 27.1. The molecule has 186 valence electrons. The van der Waals surface area contributed by atoms with E-state index in [0.717, 1.165) is 11.3 Å². The summed E-state index contributed by atoms with van der Waals surface area (Å²) in [4.78, 5) is 27.4. The maximum absolute atomic E-state index is 13.2. The van der Waals surface area contributed by atoms with Crippen LogP contribution >= 0.6 is 11.6 Å². The number of rotatable bonds is 4. The van der Waals surface area contributed by atoms with Gasteiger partial charge in [-0.15, -0.1) is 0 Å². The summed E-state index contributed by atoms with van der Waals surface area (Å²) in [6.07, 6.45) is -5.37. The van der Waals surface area contributed by atoms with Gasteiger partial charge in [-0.1, -0.05) is 11.6 Å². The van der Waals surface area contributed by atoms with Gasteiger partial charge in [-0.05, 0) is 43.7 Å². The Labute approximate surface area is 197 Å². The zero-order chi connectivity index (χ0) is 25.5. The minimum atomic E-state index is -5.08. The van der Waals surface area contributed by atoms with Gasteiger partial charge >= 0.3 is 18.2 Å². The van der Waals surface area contributed by atoms with Crippen molar-refractivity contribution in [1.82, 2.24) is 9.88 Å². The van der Waals surface area contributed by atoms with Crippen LogP contribution in [0.15, 0.2) is 30.3 Å². The third-order valence-corrected chi connectivity index (χ3v) is 4.62. The smallest absolute Gasteiger partial charge is 0.490 e. The maximum Gasteiger partial charge on any atom is 0.490 e. The van der Waals surface area contributed by atoms with Crippen LogP contribution in [0.2, 0.25) is 5.02 Å². The summed E-state index contributed by atoms with van der Waals surface area (Å²) in [5, 5.41) is 9.95. The molecule has 2 amide bonds. The van der Waals surface area contributed by atoms with Crippen molar-refractivity contribution in [3.8, 4) is 5.75 Å². The van der Waals surface area contributed by atoms with E-state index in [-0.39, 0.29) is 23.8 Å². The van der Waals surface area contributed by atoms with Crippen LogP contribution in [0.5, 0.6) is 5.75 Å². The van der Waals surface area contributed by atoms with Crippen LogP contribution in [0, 0.1) is 19.7 Å². The standard InChI is InChI=1S/C19H21ClFN3O3.C2HF3O2/c1-12-7-13(2)22-18(8-12)23-19(25)24-5-6-26-15(10-24)11-27-14-3-4-17(21)16(20)9-14;3-2(4,5)1(6)7/h3-4,7-9,15H,5-6,10-11H2,1-2H3,(H,22,23,25);(H,6,7). The van der Waals surface area contributed by atoms with Gasteiger partial charge in [-0.3, -0.25) is 5.32 Å². The molecule has 1 aliphatic heterocycles. The average Bonchev–Trinajstić information content (AvgIpc) is 2.74. The third kappa shape index (κ3) is 8.67. The Morgan fingerprint density at radius 1 is 1.29 bits per heavy atom. The number of amides is 2. The largest absolute Gasteiger partial charge is 0.491 e. The lowest BCUT2D eigenvalue weighted by atomic mass is 10.2. The Morgan fingerprint density at radius 3 is 2.56 bits per heavy atom. The number of morpholine rings is 1. The minimum Gasteiger partial charge on any atom is -0.491 e. The number of carboxylic acid groups (broad SMARTS) is 1. The summed E-state index contributed by atoms with van der Waals surface area (Å²) in [6.45, 7) is 5.33. The van der Waals surface area contributed by atoms with Crippen molar-refractivity contribution < 1.29 is 41.7 Å². The Bertz CT molecular complexity index is 1000. The third-order valence-electron chi connectivity index (χ3n) is 4.33. The van der Waals surface area contributed by atoms with Gasteiger partial charge < -0.3 is 19.5 Å². The number of hydrogen-bond donors (Lipinski definition) is 2. The number of nitrogens with one attached hydrogen (secondary N) is 1. The van der Waals surface area contributed by atoms with Gasteiger partial charge in [-0.2, -0.15) is 13.2 Å². The minimum absolute atomic E-state index is 0.000912. The number of benzene rings is 1. The lowest BCUT2D eigenvalue weighted by molar-refractivity contribution is -0.192. The normalized spacial score (nSPS) is 15.7. The number of urea groups is 1.